The lowest BCUT2D eigenvalue weighted by Gasteiger charge is -2.10. The molecule has 0 spiro atoms. The molecule has 1 nitrogen and oxygen atoms in total. The average Bonchev–Trinajstić information content (AvgIpc) is 2.96. The zero-order valence-electron chi connectivity index (χ0n) is 14.0. The Morgan fingerprint density at radius 1 is 1.00 bits per heavy atom. The van der Waals surface area contributed by atoms with Gasteiger partial charge in [-0.2, -0.15) is 0 Å². The molecule has 0 N–H and O–H groups in total. The third-order valence-corrected chi connectivity index (χ3v) is 5.42. The van der Waals surface area contributed by atoms with Gasteiger partial charge in [0.15, 0.2) is 0 Å². The van der Waals surface area contributed by atoms with E-state index < -0.39 is 8.07 Å². The summed E-state index contributed by atoms with van der Waals surface area (Å²) in [6.07, 6.45) is 7.62. The first kappa shape index (κ1) is 16.6. The molecule has 0 aliphatic heterocycles. The molecule has 2 aromatic rings. The molecule has 116 valence electrons. The first-order valence-electron chi connectivity index (χ1n) is 8.17. The number of unbranched alkanes of at least 4 members (excludes halogenated alkanes) is 3. The molecule has 0 aliphatic rings. The van der Waals surface area contributed by atoms with Crippen LogP contribution in [0.4, 0.5) is 0 Å². The van der Waals surface area contributed by atoms with Crippen molar-refractivity contribution in [3.63, 3.8) is 0 Å². The summed E-state index contributed by atoms with van der Waals surface area (Å²) in [5.41, 5.74) is 2.47. The van der Waals surface area contributed by atoms with E-state index in [2.05, 4.69) is 67.9 Å². The first-order chi connectivity index (χ1) is 10.6. The van der Waals surface area contributed by atoms with E-state index >= 15 is 0 Å². The van der Waals surface area contributed by atoms with E-state index in [9.17, 15) is 0 Å². The van der Waals surface area contributed by atoms with Crippen molar-refractivity contribution in [2.75, 3.05) is 0 Å². The highest BCUT2D eigenvalue weighted by molar-refractivity contribution is 6.87. The van der Waals surface area contributed by atoms with Crippen LogP contribution in [0.25, 0.3) is 0 Å². The second-order valence-corrected chi connectivity index (χ2v) is 11.8. The van der Waals surface area contributed by atoms with Crippen LogP contribution in [0.15, 0.2) is 47.1 Å². The number of hydrogen-bond donors (Lipinski definition) is 0. The monoisotopic (exact) mass is 310 g/mol. The van der Waals surface area contributed by atoms with Crippen LogP contribution in [0.5, 0.6) is 0 Å². The molecule has 0 fully saturated rings. The summed E-state index contributed by atoms with van der Waals surface area (Å²) in [7, 11) is -1.34. The molecule has 0 atom stereocenters. The largest absolute Gasteiger partial charge is 0.473 e. The number of rotatable bonds is 6. The van der Waals surface area contributed by atoms with Crippen molar-refractivity contribution in [2.24, 2.45) is 0 Å². The Kier molecular flexibility index (Phi) is 6.09. The quantitative estimate of drug-likeness (QED) is 0.417. The lowest BCUT2D eigenvalue weighted by Crippen LogP contribution is -2.36. The minimum atomic E-state index is -1.34. The molecule has 0 radical (unpaired) electrons. The van der Waals surface area contributed by atoms with Gasteiger partial charge >= 0.3 is 0 Å². The van der Waals surface area contributed by atoms with Crippen molar-refractivity contribution < 1.29 is 4.42 Å². The normalized spacial score (nSPS) is 11.0. The van der Waals surface area contributed by atoms with Crippen LogP contribution < -0.4 is 5.38 Å². The topological polar surface area (TPSA) is 13.1 Å². The Morgan fingerprint density at radius 2 is 1.77 bits per heavy atom. The fourth-order valence-electron chi connectivity index (χ4n) is 2.32. The maximum atomic E-state index is 5.63. The van der Waals surface area contributed by atoms with Crippen molar-refractivity contribution >= 4 is 13.5 Å². The van der Waals surface area contributed by atoms with E-state index in [0.717, 1.165) is 17.4 Å². The molecule has 2 heteroatoms. The summed E-state index contributed by atoms with van der Waals surface area (Å²) in [4.78, 5) is 0. The molecule has 2 rings (SSSR count). The molecule has 0 unspecified atom stereocenters. The number of aryl methyl sites for hydroxylation is 1. The Morgan fingerprint density at radius 3 is 2.45 bits per heavy atom. The fraction of sp³-hybridized carbons (Fsp3) is 0.400. The van der Waals surface area contributed by atoms with Crippen molar-refractivity contribution in [2.45, 2.75) is 51.7 Å². The summed E-state index contributed by atoms with van der Waals surface area (Å²) >= 11 is 0. The van der Waals surface area contributed by atoms with Crippen molar-refractivity contribution in [3.8, 4) is 11.8 Å². The van der Waals surface area contributed by atoms with Gasteiger partial charge in [-0.25, -0.2) is 0 Å². The van der Waals surface area contributed by atoms with E-state index in [1.54, 1.807) is 6.26 Å². The average molecular weight is 311 g/mol. The van der Waals surface area contributed by atoms with Gasteiger partial charge < -0.3 is 4.42 Å². The Labute approximate surface area is 135 Å². The van der Waals surface area contributed by atoms with Crippen molar-refractivity contribution in [1.29, 1.82) is 0 Å². The lowest BCUT2D eigenvalue weighted by molar-refractivity contribution is 0.596. The van der Waals surface area contributed by atoms with Gasteiger partial charge in [0.2, 0.25) is 0 Å². The van der Waals surface area contributed by atoms with E-state index in [0.29, 0.717) is 0 Å². The van der Waals surface area contributed by atoms with Crippen molar-refractivity contribution in [3.05, 3.63) is 53.8 Å². The lowest BCUT2D eigenvalue weighted by atomic mass is 10.1. The first-order valence-corrected chi connectivity index (χ1v) is 11.7. The van der Waals surface area contributed by atoms with E-state index in [1.807, 2.05) is 0 Å². The fourth-order valence-corrected chi connectivity index (χ4v) is 3.32. The summed E-state index contributed by atoms with van der Waals surface area (Å²) in [6, 6.07) is 12.8. The van der Waals surface area contributed by atoms with Gasteiger partial charge in [-0.3, -0.25) is 0 Å². The highest BCUT2D eigenvalue weighted by Crippen LogP contribution is 2.08. The van der Waals surface area contributed by atoms with E-state index in [4.69, 9.17) is 4.42 Å². The van der Waals surface area contributed by atoms with Gasteiger partial charge in [-0.1, -0.05) is 68.2 Å². The molecular formula is C20H26OSi. The van der Waals surface area contributed by atoms with Crippen LogP contribution in [0.2, 0.25) is 19.6 Å². The standard InChI is InChI=1S/C20H26OSi/c1-22(2,3)20-16-19(17-21-20)15-9-6-4-5-8-12-18-13-10-7-11-14-18/h7,10-11,13-14,16-17H,4-6,8,12H2,1-3H3. The summed E-state index contributed by atoms with van der Waals surface area (Å²) in [5.74, 6) is 6.49. The van der Waals surface area contributed by atoms with Crippen LogP contribution in [-0.4, -0.2) is 8.07 Å². The van der Waals surface area contributed by atoms with Gasteiger partial charge in [-0.15, -0.1) is 0 Å². The smallest absolute Gasteiger partial charge is 0.123 e. The number of furan rings is 1. The SMILES string of the molecule is C[Si](C)(C)c1cc(C#CCCCCCc2ccccc2)co1. The molecule has 22 heavy (non-hydrogen) atoms. The third kappa shape index (κ3) is 5.58. The second-order valence-electron chi connectivity index (χ2n) is 6.80. The molecular weight excluding hydrogens is 284 g/mol. The number of hydrogen-bond acceptors (Lipinski definition) is 1. The van der Waals surface area contributed by atoms with Gasteiger partial charge in [0.1, 0.15) is 14.3 Å². The second kappa shape index (κ2) is 8.05. The molecule has 0 saturated heterocycles. The molecule has 0 bridgehead atoms. The van der Waals surface area contributed by atoms with E-state index in [-0.39, 0.29) is 0 Å². The zero-order valence-corrected chi connectivity index (χ0v) is 15.0. The van der Waals surface area contributed by atoms with Crippen LogP contribution in [0.3, 0.4) is 0 Å². The van der Waals surface area contributed by atoms with E-state index in [1.165, 1.54) is 31.2 Å². The van der Waals surface area contributed by atoms with Crippen LogP contribution in [0, 0.1) is 11.8 Å². The van der Waals surface area contributed by atoms with Crippen molar-refractivity contribution in [1.82, 2.24) is 0 Å². The van der Waals surface area contributed by atoms with Crippen LogP contribution >= 0.6 is 0 Å². The van der Waals surface area contributed by atoms with Gasteiger partial charge in [-0.05, 0) is 30.9 Å². The Hall–Kier alpha value is -1.72. The molecule has 0 aliphatic carbocycles. The molecule has 1 aromatic carbocycles. The maximum absolute atomic E-state index is 5.63. The summed E-state index contributed by atoms with van der Waals surface area (Å²) < 4.78 is 5.63. The summed E-state index contributed by atoms with van der Waals surface area (Å²) in [6.45, 7) is 6.86. The molecule has 1 aromatic heterocycles. The van der Waals surface area contributed by atoms with Gasteiger partial charge in [0.25, 0.3) is 0 Å². The number of benzene rings is 1. The third-order valence-electron chi connectivity index (χ3n) is 3.68. The maximum Gasteiger partial charge on any atom is 0.123 e. The summed E-state index contributed by atoms with van der Waals surface area (Å²) in [5, 5.41) is 1.14. The predicted octanol–water partition coefficient (Wildman–Crippen LogP) is 4.98. The highest BCUT2D eigenvalue weighted by Gasteiger charge is 2.20. The van der Waals surface area contributed by atoms with Crippen LogP contribution in [0.1, 0.15) is 36.8 Å². The predicted molar refractivity (Wildman–Crippen MR) is 97.2 cm³/mol. The Balaban J connectivity index is 1.66. The Bertz CT molecular complexity index is 623. The minimum absolute atomic E-state index is 0.974. The minimum Gasteiger partial charge on any atom is -0.473 e. The molecule has 0 saturated carbocycles. The van der Waals surface area contributed by atoms with Gasteiger partial charge in [0.05, 0.1) is 10.9 Å². The van der Waals surface area contributed by atoms with Crippen LogP contribution in [-0.2, 0) is 6.42 Å². The molecule has 1 heterocycles. The zero-order chi connectivity index (χ0) is 15.8. The molecule has 0 amide bonds. The van der Waals surface area contributed by atoms with Gasteiger partial charge in [0, 0.05) is 6.42 Å². The highest BCUT2D eigenvalue weighted by atomic mass is 28.3.